The van der Waals surface area contributed by atoms with E-state index in [1.165, 1.54) is 44.5 Å². The van der Waals surface area contributed by atoms with Gasteiger partial charge in [0.1, 0.15) is 12.4 Å². The van der Waals surface area contributed by atoms with E-state index < -0.39 is 0 Å². The Labute approximate surface area is 203 Å². The molecule has 0 saturated carbocycles. The van der Waals surface area contributed by atoms with Crippen LogP contribution in [0.3, 0.4) is 0 Å². The molecule has 34 heavy (non-hydrogen) atoms. The van der Waals surface area contributed by atoms with Gasteiger partial charge in [0.2, 0.25) is 0 Å². The number of allylic oxidation sites excluding steroid dienone is 1. The molecule has 2 heteroatoms. The molecule has 172 valence electrons. The van der Waals surface area contributed by atoms with Gasteiger partial charge in [-0.3, -0.25) is 0 Å². The van der Waals surface area contributed by atoms with Crippen LogP contribution in [0.4, 0.5) is 0 Å². The first-order valence-corrected chi connectivity index (χ1v) is 12.0. The Morgan fingerprint density at radius 3 is 2.00 bits per heavy atom. The number of rotatable bonds is 9. The molecule has 0 amide bonds. The summed E-state index contributed by atoms with van der Waals surface area (Å²) in [5, 5.41) is 0. The third-order valence-electron chi connectivity index (χ3n) is 6.13. The SMILES string of the molecule is CC/C(=C(\c1ccc(Cc2ccccc2)cc1)c1ccc(OCCN)cc1C)c1ccccc1. The lowest BCUT2D eigenvalue weighted by Gasteiger charge is -2.19. The van der Waals surface area contributed by atoms with Gasteiger partial charge in [0.25, 0.3) is 0 Å². The number of aryl methyl sites for hydroxylation is 1. The van der Waals surface area contributed by atoms with E-state index in [9.17, 15) is 0 Å². The molecule has 0 aliphatic carbocycles. The highest BCUT2D eigenvalue weighted by Crippen LogP contribution is 2.37. The molecule has 0 radical (unpaired) electrons. The van der Waals surface area contributed by atoms with Crippen molar-refractivity contribution in [2.75, 3.05) is 13.2 Å². The highest BCUT2D eigenvalue weighted by molar-refractivity contribution is 5.99. The summed E-state index contributed by atoms with van der Waals surface area (Å²) in [6.45, 7) is 5.43. The zero-order valence-corrected chi connectivity index (χ0v) is 20.1. The third-order valence-corrected chi connectivity index (χ3v) is 6.13. The van der Waals surface area contributed by atoms with Crippen LogP contribution in [0, 0.1) is 6.92 Å². The van der Waals surface area contributed by atoms with Crippen molar-refractivity contribution in [2.45, 2.75) is 26.7 Å². The minimum atomic E-state index is 0.509. The molecule has 0 heterocycles. The molecule has 0 atom stereocenters. The maximum absolute atomic E-state index is 5.78. The van der Waals surface area contributed by atoms with E-state index in [-0.39, 0.29) is 0 Å². The van der Waals surface area contributed by atoms with Gasteiger partial charge in [0, 0.05) is 6.54 Å². The average molecular weight is 448 g/mol. The van der Waals surface area contributed by atoms with Crippen LogP contribution in [-0.2, 0) is 6.42 Å². The minimum Gasteiger partial charge on any atom is -0.492 e. The van der Waals surface area contributed by atoms with E-state index in [1.807, 2.05) is 0 Å². The van der Waals surface area contributed by atoms with Gasteiger partial charge in [-0.15, -0.1) is 0 Å². The van der Waals surface area contributed by atoms with Crippen LogP contribution in [0.5, 0.6) is 5.75 Å². The summed E-state index contributed by atoms with van der Waals surface area (Å²) >= 11 is 0. The monoisotopic (exact) mass is 447 g/mol. The van der Waals surface area contributed by atoms with Crippen LogP contribution in [0.2, 0.25) is 0 Å². The molecule has 0 aliphatic rings. The summed E-state index contributed by atoms with van der Waals surface area (Å²) in [5.41, 5.74) is 15.8. The lowest BCUT2D eigenvalue weighted by atomic mass is 9.86. The number of benzene rings is 4. The normalized spacial score (nSPS) is 11.7. The Morgan fingerprint density at radius 2 is 1.38 bits per heavy atom. The molecule has 4 aromatic carbocycles. The molecule has 0 aliphatic heterocycles. The van der Waals surface area contributed by atoms with E-state index in [4.69, 9.17) is 10.5 Å². The van der Waals surface area contributed by atoms with E-state index in [2.05, 4.69) is 117 Å². The quantitative estimate of drug-likeness (QED) is 0.273. The van der Waals surface area contributed by atoms with Crippen LogP contribution >= 0.6 is 0 Å². The van der Waals surface area contributed by atoms with Crippen LogP contribution in [-0.4, -0.2) is 13.2 Å². The molecular formula is C32H33NO. The predicted octanol–water partition coefficient (Wildman–Crippen LogP) is 7.29. The lowest BCUT2D eigenvalue weighted by Crippen LogP contribution is -2.10. The van der Waals surface area contributed by atoms with Crippen LogP contribution in [0.15, 0.2) is 103 Å². The van der Waals surface area contributed by atoms with E-state index >= 15 is 0 Å². The molecule has 4 rings (SSSR count). The summed E-state index contributed by atoms with van der Waals surface area (Å²) in [6.07, 6.45) is 1.88. The van der Waals surface area contributed by atoms with Crippen LogP contribution < -0.4 is 10.5 Å². The van der Waals surface area contributed by atoms with Gasteiger partial charge in [-0.2, -0.15) is 0 Å². The summed E-state index contributed by atoms with van der Waals surface area (Å²) < 4.78 is 5.78. The lowest BCUT2D eigenvalue weighted by molar-refractivity contribution is 0.328. The summed E-state index contributed by atoms with van der Waals surface area (Å²) in [6, 6.07) is 36.8. The molecule has 0 fully saturated rings. The summed E-state index contributed by atoms with van der Waals surface area (Å²) in [7, 11) is 0. The van der Waals surface area contributed by atoms with E-state index in [0.29, 0.717) is 13.2 Å². The number of hydrogen-bond donors (Lipinski definition) is 1. The van der Waals surface area contributed by atoms with E-state index in [1.54, 1.807) is 0 Å². The molecule has 0 bridgehead atoms. The predicted molar refractivity (Wildman–Crippen MR) is 144 cm³/mol. The summed E-state index contributed by atoms with van der Waals surface area (Å²) in [4.78, 5) is 0. The first-order valence-electron chi connectivity index (χ1n) is 12.0. The fourth-order valence-electron chi connectivity index (χ4n) is 4.46. The molecule has 2 N–H and O–H groups in total. The molecule has 0 spiro atoms. The number of hydrogen-bond acceptors (Lipinski definition) is 2. The number of nitrogens with two attached hydrogens (primary N) is 1. The van der Waals surface area contributed by atoms with Crippen molar-refractivity contribution >= 4 is 11.1 Å². The molecule has 0 aromatic heterocycles. The average Bonchev–Trinajstić information content (AvgIpc) is 2.88. The van der Waals surface area contributed by atoms with Gasteiger partial charge in [-0.25, -0.2) is 0 Å². The molecule has 0 unspecified atom stereocenters. The fourth-order valence-corrected chi connectivity index (χ4v) is 4.46. The fraction of sp³-hybridized carbons (Fsp3) is 0.188. The smallest absolute Gasteiger partial charge is 0.119 e. The zero-order valence-electron chi connectivity index (χ0n) is 20.1. The first kappa shape index (κ1) is 23.5. The van der Waals surface area contributed by atoms with Gasteiger partial charge in [-0.1, -0.05) is 97.9 Å². The second kappa shape index (κ2) is 11.5. The Kier molecular flexibility index (Phi) is 7.95. The van der Waals surface area contributed by atoms with Crippen LogP contribution in [0.1, 0.15) is 46.7 Å². The number of ether oxygens (including phenoxy) is 1. The van der Waals surface area contributed by atoms with Gasteiger partial charge in [-0.05, 0) is 76.4 Å². The van der Waals surface area contributed by atoms with Crippen LogP contribution in [0.25, 0.3) is 11.1 Å². The highest BCUT2D eigenvalue weighted by atomic mass is 16.5. The van der Waals surface area contributed by atoms with Gasteiger partial charge < -0.3 is 10.5 Å². The standard InChI is InChI=1S/C32H33NO/c1-3-30(27-12-8-5-9-13-27)32(31-19-18-29(22-24(31)2)34-21-20-33)28-16-14-26(15-17-28)23-25-10-6-4-7-11-25/h4-19,22H,3,20-21,23,33H2,1-2H3/b32-30-. The van der Waals surface area contributed by atoms with Gasteiger partial charge in [0.05, 0.1) is 0 Å². The molecule has 4 aromatic rings. The van der Waals surface area contributed by atoms with Gasteiger partial charge in [0.15, 0.2) is 0 Å². The largest absolute Gasteiger partial charge is 0.492 e. The topological polar surface area (TPSA) is 35.2 Å². The van der Waals surface area contributed by atoms with Crippen molar-refractivity contribution in [2.24, 2.45) is 5.73 Å². The second-order valence-corrected chi connectivity index (χ2v) is 8.55. The summed E-state index contributed by atoms with van der Waals surface area (Å²) in [5.74, 6) is 0.863. The molecule has 0 saturated heterocycles. The molecule has 2 nitrogen and oxygen atoms in total. The second-order valence-electron chi connectivity index (χ2n) is 8.55. The Hall–Kier alpha value is -3.62. The Morgan fingerprint density at radius 1 is 0.735 bits per heavy atom. The van der Waals surface area contributed by atoms with Crippen molar-refractivity contribution in [1.29, 1.82) is 0 Å². The highest BCUT2D eigenvalue weighted by Gasteiger charge is 2.15. The Bertz CT molecular complexity index is 1230. The van der Waals surface area contributed by atoms with E-state index in [0.717, 1.165) is 18.6 Å². The first-order chi connectivity index (χ1) is 16.7. The van der Waals surface area contributed by atoms with Crippen molar-refractivity contribution in [3.63, 3.8) is 0 Å². The van der Waals surface area contributed by atoms with Crippen molar-refractivity contribution in [3.8, 4) is 5.75 Å². The van der Waals surface area contributed by atoms with Crippen molar-refractivity contribution in [1.82, 2.24) is 0 Å². The molecular weight excluding hydrogens is 414 g/mol. The minimum absolute atomic E-state index is 0.509. The third kappa shape index (κ3) is 5.65. The zero-order chi connectivity index (χ0) is 23.8. The van der Waals surface area contributed by atoms with Crippen molar-refractivity contribution in [3.05, 3.63) is 137 Å². The maximum Gasteiger partial charge on any atom is 0.119 e. The van der Waals surface area contributed by atoms with Crippen molar-refractivity contribution < 1.29 is 4.74 Å². The Balaban J connectivity index is 1.78. The van der Waals surface area contributed by atoms with Gasteiger partial charge >= 0.3 is 0 Å². The maximum atomic E-state index is 5.78.